The van der Waals surface area contributed by atoms with Crippen molar-refractivity contribution < 1.29 is 24.7 Å². The fraction of sp³-hybridized carbons (Fsp3) is 0.600. The van der Waals surface area contributed by atoms with Crippen molar-refractivity contribution in [2.75, 3.05) is 27.4 Å². The summed E-state index contributed by atoms with van der Waals surface area (Å²) in [5.74, 6) is 1.64. The van der Waals surface area contributed by atoms with Gasteiger partial charge in [0.25, 0.3) is 5.95 Å². The van der Waals surface area contributed by atoms with Crippen LogP contribution in [0.1, 0.15) is 87.1 Å². The fourth-order valence-corrected chi connectivity index (χ4v) is 1.73. The summed E-state index contributed by atoms with van der Waals surface area (Å²) in [6, 6.07) is 7.78. The highest BCUT2D eigenvalue weighted by molar-refractivity contribution is 14.0. The van der Waals surface area contributed by atoms with Crippen LogP contribution in [0.4, 0.5) is 0 Å². The van der Waals surface area contributed by atoms with Crippen molar-refractivity contribution in [3.05, 3.63) is 66.2 Å². The summed E-state index contributed by atoms with van der Waals surface area (Å²) >= 11 is 0. The van der Waals surface area contributed by atoms with E-state index in [0.29, 0.717) is 6.61 Å². The number of methoxy groups -OCH3 is 1. The molecule has 1 aliphatic carbocycles. The van der Waals surface area contributed by atoms with E-state index in [1.54, 1.807) is 14.0 Å². The molecule has 0 aliphatic heterocycles. The third-order valence-corrected chi connectivity index (χ3v) is 3.19. The van der Waals surface area contributed by atoms with E-state index >= 15 is 0 Å². The monoisotopic (exact) mass is 677 g/mol. The quantitative estimate of drug-likeness (QED) is 0.120. The molecule has 230 valence electrons. The predicted molar refractivity (Wildman–Crippen MR) is 181 cm³/mol. The first-order chi connectivity index (χ1) is 17.3. The standard InChI is InChI=1S/C12H16O3.C6H8.C4H10.C3H9N.2C2H6.CH4O2.ClH.HI/c1-3-12(13)15-8-7-10-5-4-6-11(9-10)14-2;1-2-4-6-5-3-1;1-4(2)3;1-2-3-4;2*1-2;1-3-2;;/h3-6,9,13H,7-8H2,1-2H3;1-4H,5-6H2;4H,1-3H3;2-4H2,1H3;2*1-2H3;2H,1H3;2*1H/b12-3+;;;;;;;;. The van der Waals surface area contributed by atoms with Crippen molar-refractivity contribution in [3.63, 3.8) is 0 Å². The minimum atomic E-state index is -0.0297. The first kappa shape index (κ1) is 53.1. The van der Waals surface area contributed by atoms with Gasteiger partial charge in [0.15, 0.2) is 0 Å². The number of rotatable bonds is 6. The van der Waals surface area contributed by atoms with Gasteiger partial charge in [0, 0.05) is 6.42 Å². The lowest BCUT2D eigenvalue weighted by Crippen LogP contribution is -1.98. The van der Waals surface area contributed by atoms with Gasteiger partial charge in [-0.2, -0.15) is 0 Å². The maximum absolute atomic E-state index is 9.05. The Kier molecular flexibility index (Phi) is 72.9. The van der Waals surface area contributed by atoms with Crippen molar-refractivity contribution in [1.82, 2.24) is 0 Å². The number of allylic oxidation sites excluding steroid dienone is 5. The first-order valence-corrected chi connectivity index (χ1v) is 13.1. The Morgan fingerprint density at radius 1 is 1.03 bits per heavy atom. The van der Waals surface area contributed by atoms with Gasteiger partial charge in [0.05, 0.1) is 20.8 Å². The summed E-state index contributed by atoms with van der Waals surface area (Å²) in [6.45, 7) is 19.6. The summed E-state index contributed by atoms with van der Waals surface area (Å²) < 4.78 is 10.1. The van der Waals surface area contributed by atoms with Crippen LogP contribution in [0.25, 0.3) is 0 Å². The third-order valence-electron chi connectivity index (χ3n) is 3.19. The van der Waals surface area contributed by atoms with Crippen molar-refractivity contribution in [1.29, 1.82) is 0 Å². The molecule has 0 heterocycles. The van der Waals surface area contributed by atoms with Gasteiger partial charge in [-0.15, -0.1) is 36.4 Å². The maximum atomic E-state index is 9.05. The molecule has 38 heavy (non-hydrogen) atoms. The lowest BCUT2D eigenvalue weighted by Gasteiger charge is -2.05. The molecule has 1 aromatic carbocycles. The summed E-state index contributed by atoms with van der Waals surface area (Å²) in [5, 5.41) is 16.1. The lowest BCUT2D eigenvalue weighted by atomic mass is 10.1. The molecule has 0 amide bonds. The summed E-state index contributed by atoms with van der Waals surface area (Å²) in [4.78, 5) is 3.25. The van der Waals surface area contributed by atoms with Crippen LogP contribution < -0.4 is 10.5 Å². The number of hydrogen-bond acceptors (Lipinski definition) is 6. The second-order valence-corrected chi connectivity index (χ2v) is 7.21. The molecular formula is C30H61ClINO5. The highest BCUT2D eigenvalue weighted by Gasteiger charge is 1.97. The molecule has 0 saturated heterocycles. The van der Waals surface area contributed by atoms with Crippen LogP contribution in [0.15, 0.2) is 60.6 Å². The Hall–Kier alpha value is -1.26. The first-order valence-electron chi connectivity index (χ1n) is 13.1. The van der Waals surface area contributed by atoms with Gasteiger partial charge < -0.3 is 20.3 Å². The van der Waals surface area contributed by atoms with Crippen molar-refractivity contribution >= 4 is 36.4 Å². The molecule has 6 nitrogen and oxygen atoms in total. The second-order valence-electron chi connectivity index (χ2n) is 7.21. The smallest absolute Gasteiger partial charge is 0.272 e. The number of aliphatic hydroxyl groups is 1. The topological polar surface area (TPSA) is 94.2 Å². The van der Waals surface area contributed by atoms with Gasteiger partial charge in [-0.25, -0.2) is 4.89 Å². The zero-order valence-corrected chi connectivity index (χ0v) is 29.2. The van der Waals surface area contributed by atoms with Crippen LogP contribution in [0.3, 0.4) is 0 Å². The van der Waals surface area contributed by atoms with Crippen LogP contribution in [0.2, 0.25) is 0 Å². The molecule has 0 atom stereocenters. The third kappa shape index (κ3) is 59.7. The van der Waals surface area contributed by atoms with Crippen molar-refractivity contribution in [2.24, 2.45) is 11.7 Å². The Morgan fingerprint density at radius 3 is 1.74 bits per heavy atom. The minimum absolute atomic E-state index is 0. The van der Waals surface area contributed by atoms with Crippen LogP contribution in [-0.4, -0.2) is 37.7 Å². The van der Waals surface area contributed by atoms with E-state index in [2.05, 4.69) is 56.9 Å². The van der Waals surface area contributed by atoms with Gasteiger partial charge in [-0.05, 0) is 62.4 Å². The molecule has 1 aliphatic rings. The average Bonchev–Trinajstić information content (AvgIpc) is 2.92. The van der Waals surface area contributed by atoms with Crippen LogP contribution in [0, 0.1) is 5.92 Å². The molecule has 0 fully saturated rings. The second kappa shape index (κ2) is 52.2. The molecule has 4 N–H and O–H groups in total. The molecule has 2 rings (SSSR count). The van der Waals surface area contributed by atoms with Gasteiger partial charge in [0.1, 0.15) is 5.75 Å². The Labute approximate surface area is 259 Å². The minimum Gasteiger partial charge on any atom is -0.497 e. The largest absolute Gasteiger partial charge is 0.497 e. The Bertz CT molecular complexity index is 581. The highest BCUT2D eigenvalue weighted by atomic mass is 127. The molecule has 1 aromatic rings. The highest BCUT2D eigenvalue weighted by Crippen LogP contribution is 2.13. The number of aliphatic hydroxyl groups excluding tert-OH is 1. The van der Waals surface area contributed by atoms with Crippen molar-refractivity contribution in [2.45, 2.75) is 88.0 Å². The van der Waals surface area contributed by atoms with Gasteiger partial charge in [-0.1, -0.05) is 91.8 Å². The Balaban J connectivity index is -0.0000000700. The molecule has 0 unspecified atom stereocenters. The number of hydrogen-bond donors (Lipinski definition) is 3. The van der Waals surface area contributed by atoms with Gasteiger partial charge >= 0.3 is 0 Å². The van der Waals surface area contributed by atoms with E-state index in [0.717, 1.165) is 36.6 Å². The van der Waals surface area contributed by atoms with E-state index in [1.807, 2.05) is 52.0 Å². The van der Waals surface area contributed by atoms with E-state index in [1.165, 1.54) is 26.0 Å². The molecule has 0 aromatic heterocycles. The van der Waals surface area contributed by atoms with Crippen molar-refractivity contribution in [3.8, 4) is 5.75 Å². The van der Waals surface area contributed by atoms with Gasteiger partial charge in [0.2, 0.25) is 0 Å². The molecule has 0 radical (unpaired) electrons. The number of nitrogens with two attached hydrogens (primary N) is 1. The van der Waals surface area contributed by atoms with Crippen LogP contribution in [-0.2, 0) is 16.0 Å². The molecular weight excluding hydrogens is 617 g/mol. The zero-order chi connectivity index (χ0) is 29.0. The number of ether oxygens (including phenoxy) is 2. The lowest BCUT2D eigenvalue weighted by molar-refractivity contribution is -0.214. The number of benzene rings is 1. The summed E-state index contributed by atoms with van der Waals surface area (Å²) in [5.41, 5.74) is 6.15. The molecule has 0 saturated carbocycles. The molecule has 0 bridgehead atoms. The molecule has 8 heteroatoms. The van der Waals surface area contributed by atoms with E-state index < -0.39 is 0 Å². The predicted octanol–water partition coefficient (Wildman–Crippen LogP) is 9.78. The van der Waals surface area contributed by atoms with E-state index in [9.17, 15) is 0 Å². The average molecular weight is 678 g/mol. The maximum Gasteiger partial charge on any atom is 0.272 e. The molecule has 0 spiro atoms. The zero-order valence-electron chi connectivity index (χ0n) is 26.0. The SMILES string of the molecule is C/C=C(\O)OCCc1cccc(OC)c1.C1=CCCC=C1.CC.CC.CC(C)C.CCCN.COO.Cl.I. The van der Waals surface area contributed by atoms with E-state index in [-0.39, 0.29) is 42.3 Å². The Morgan fingerprint density at radius 2 is 1.45 bits per heavy atom. The number of halogens is 2. The van der Waals surface area contributed by atoms with E-state index in [4.69, 9.17) is 25.6 Å². The normalized spacial score (nSPS) is 9.89. The van der Waals surface area contributed by atoms with Gasteiger partial charge in [-0.3, -0.25) is 5.26 Å². The summed E-state index contributed by atoms with van der Waals surface area (Å²) in [7, 11) is 2.82. The fourth-order valence-electron chi connectivity index (χ4n) is 1.73. The van der Waals surface area contributed by atoms with Crippen LogP contribution in [0.5, 0.6) is 5.75 Å². The van der Waals surface area contributed by atoms with Crippen LogP contribution >= 0.6 is 36.4 Å². The summed E-state index contributed by atoms with van der Waals surface area (Å²) in [6.07, 6.45) is 14.4.